The van der Waals surface area contributed by atoms with E-state index in [1.807, 2.05) is 0 Å². The Hall–Kier alpha value is -2.31. The molecular formula is C13H14F2N4O. The van der Waals surface area contributed by atoms with E-state index in [0.717, 1.165) is 6.07 Å². The maximum Gasteiger partial charge on any atom is 0.366 e. The first-order valence-electron chi connectivity index (χ1n) is 6.00. The maximum absolute atomic E-state index is 13.9. The van der Waals surface area contributed by atoms with Gasteiger partial charge in [-0.05, 0) is 19.1 Å². The molecule has 0 fully saturated rings. The highest BCUT2D eigenvalue weighted by atomic mass is 19.3. The zero-order valence-electron chi connectivity index (χ0n) is 11.0. The van der Waals surface area contributed by atoms with Crippen LogP contribution in [0.1, 0.15) is 24.2 Å². The van der Waals surface area contributed by atoms with Gasteiger partial charge in [0.25, 0.3) is 5.91 Å². The van der Waals surface area contributed by atoms with Gasteiger partial charge in [0.05, 0.1) is 12.2 Å². The van der Waals surface area contributed by atoms with E-state index in [2.05, 4.69) is 15.4 Å². The summed E-state index contributed by atoms with van der Waals surface area (Å²) in [6.45, 7) is 1.61. The van der Waals surface area contributed by atoms with Crippen LogP contribution in [0, 0.1) is 0 Å². The maximum atomic E-state index is 13.9. The Bertz CT molecular complexity index is 597. The van der Waals surface area contributed by atoms with Crippen molar-refractivity contribution in [1.82, 2.24) is 20.1 Å². The number of aryl methyl sites for hydroxylation is 1. The molecule has 0 saturated heterocycles. The number of nitrogens with one attached hydrogen (secondary N) is 1. The summed E-state index contributed by atoms with van der Waals surface area (Å²) in [7, 11) is 1.71. The average Bonchev–Trinajstić information content (AvgIpc) is 2.86. The third kappa shape index (κ3) is 2.81. The predicted octanol–water partition coefficient (Wildman–Crippen LogP) is 1.78. The van der Waals surface area contributed by atoms with E-state index in [4.69, 9.17) is 0 Å². The molecule has 0 spiro atoms. The van der Waals surface area contributed by atoms with Crippen molar-refractivity contribution in [1.29, 1.82) is 0 Å². The number of amides is 1. The topological polar surface area (TPSA) is 59.8 Å². The fourth-order valence-corrected chi connectivity index (χ4v) is 1.70. The summed E-state index contributed by atoms with van der Waals surface area (Å²) in [4.78, 5) is 15.3. The highest BCUT2D eigenvalue weighted by Gasteiger charge is 2.42. The number of hydrogen-bond donors (Lipinski definition) is 1. The van der Waals surface area contributed by atoms with Crippen molar-refractivity contribution < 1.29 is 13.6 Å². The summed E-state index contributed by atoms with van der Waals surface area (Å²) < 4.78 is 29.4. The van der Waals surface area contributed by atoms with Gasteiger partial charge in [0.15, 0.2) is 0 Å². The number of rotatable bonds is 4. The monoisotopic (exact) mass is 280 g/mol. The smallest absolute Gasteiger partial charge is 0.344 e. The second-order valence-corrected chi connectivity index (χ2v) is 4.43. The highest BCUT2D eigenvalue weighted by Crippen LogP contribution is 2.27. The molecule has 0 aliphatic heterocycles. The SMILES string of the molecule is C[C@H](NC(=O)C(F)(F)c1ccccn1)c1cnn(C)c1. The fourth-order valence-electron chi connectivity index (χ4n) is 1.70. The highest BCUT2D eigenvalue weighted by molar-refractivity contribution is 5.84. The van der Waals surface area contributed by atoms with Crippen LogP contribution in [-0.2, 0) is 17.8 Å². The van der Waals surface area contributed by atoms with Gasteiger partial charge in [0.2, 0.25) is 0 Å². The van der Waals surface area contributed by atoms with Crippen molar-refractivity contribution in [2.24, 2.45) is 7.05 Å². The summed E-state index contributed by atoms with van der Waals surface area (Å²) >= 11 is 0. The van der Waals surface area contributed by atoms with E-state index in [-0.39, 0.29) is 0 Å². The summed E-state index contributed by atoms with van der Waals surface area (Å²) in [5, 5.41) is 6.20. The zero-order valence-corrected chi connectivity index (χ0v) is 11.0. The number of hydrogen-bond acceptors (Lipinski definition) is 3. The van der Waals surface area contributed by atoms with Gasteiger partial charge in [-0.1, -0.05) is 6.07 Å². The molecule has 2 heterocycles. The summed E-state index contributed by atoms with van der Waals surface area (Å²) in [5.74, 6) is -5.05. The van der Waals surface area contributed by atoms with Crippen LogP contribution < -0.4 is 5.32 Å². The van der Waals surface area contributed by atoms with Gasteiger partial charge in [-0.3, -0.25) is 14.5 Å². The Labute approximate surface area is 114 Å². The van der Waals surface area contributed by atoms with Crippen molar-refractivity contribution in [3.05, 3.63) is 48.0 Å². The van der Waals surface area contributed by atoms with E-state index in [0.29, 0.717) is 5.56 Å². The van der Waals surface area contributed by atoms with Gasteiger partial charge >= 0.3 is 5.92 Å². The van der Waals surface area contributed by atoms with Crippen LogP contribution in [0.2, 0.25) is 0 Å². The number of alkyl halides is 2. The van der Waals surface area contributed by atoms with E-state index in [9.17, 15) is 13.6 Å². The second-order valence-electron chi connectivity index (χ2n) is 4.43. The van der Waals surface area contributed by atoms with Crippen LogP contribution in [-0.4, -0.2) is 20.7 Å². The standard InChI is InChI=1S/C13H14F2N4O/c1-9(10-7-17-19(2)8-10)18-12(20)13(14,15)11-5-3-4-6-16-11/h3-9H,1-2H3,(H,18,20)/t9-/m0/s1. The molecule has 0 saturated carbocycles. The Kier molecular flexibility index (Phi) is 3.78. The van der Waals surface area contributed by atoms with Gasteiger partial charge in [0, 0.05) is 25.0 Å². The normalized spacial score (nSPS) is 13.0. The lowest BCUT2D eigenvalue weighted by atomic mass is 10.1. The molecule has 2 rings (SSSR count). The Morgan fingerprint density at radius 1 is 1.45 bits per heavy atom. The molecule has 1 amide bonds. The zero-order chi connectivity index (χ0) is 14.8. The average molecular weight is 280 g/mol. The van der Waals surface area contributed by atoms with Crippen molar-refractivity contribution in [2.75, 3.05) is 0 Å². The molecule has 2 aromatic rings. The van der Waals surface area contributed by atoms with Crippen LogP contribution in [0.4, 0.5) is 8.78 Å². The summed E-state index contributed by atoms with van der Waals surface area (Å²) in [5.41, 5.74) is 0.0774. The first-order chi connectivity index (χ1) is 9.41. The number of aromatic nitrogens is 3. The predicted molar refractivity (Wildman–Crippen MR) is 67.9 cm³/mol. The molecule has 7 heteroatoms. The molecule has 1 N–H and O–H groups in total. The summed E-state index contributed by atoms with van der Waals surface area (Å²) in [6, 6.07) is 3.48. The van der Waals surface area contributed by atoms with Crippen LogP contribution in [0.3, 0.4) is 0 Å². The Balaban J connectivity index is 2.11. The van der Waals surface area contributed by atoms with Crippen LogP contribution in [0.25, 0.3) is 0 Å². The van der Waals surface area contributed by atoms with Crippen molar-refractivity contribution in [2.45, 2.75) is 18.9 Å². The largest absolute Gasteiger partial charge is 0.366 e. The van der Waals surface area contributed by atoms with Crippen molar-refractivity contribution in [3.63, 3.8) is 0 Å². The van der Waals surface area contributed by atoms with Crippen molar-refractivity contribution >= 4 is 5.91 Å². The van der Waals surface area contributed by atoms with Gasteiger partial charge in [0.1, 0.15) is 5.69 Å². The molecule has 5 nitrogen and oxygen atoms in total. The number of halogens is 2. The lowest BCUT2D eigenvalue weighted by Gasteiger charge is -2.18. The fraction of sp³-hybridized carbons (Fsp3) is 0.308. The van der Waals surface area contributed by atoms with Gasteiger partial charge in [-0.15, -0.1) is 0 Å². The minimum atomic E-state index is -3.67. The molecule has 2 aromatic heterocycles. The van der Waals surface area contributed by atoms with E-state index < -0.39 is 23.6 Å². The first-order valence-corrected chi connectivity index (χ1v) is 6.00. The molecule has 0 aromatic carbocycles. The quantitative estimate of drug-likeness (QED) is 0.928. The van der Waals surface area contributed by atoms with Crippen LogP contribution >= 0.6 is 0 Å². The number of carbonyl (C=O) groups excluding carboxylic acids is 1. The van der Waals surface area contributed by atoms with E-state index >= 15 is 0 Å². The lowest BCUT2D eigenvalue weighted by molar-refractivity contribution is -0.148. The molecule has 1 atom stereocenters. The first kappa shape index (κ1) is 14.1. The van der Waals surface area contributed by atoms with Gasteiger partial charge < -0.3 is 5.32 Å². The van der Waals surface area contributed by atoms with Gasteiger partial charge in [-0.2, -0.15) is 13.9 Å². The molecule has 106 valence electrons. The third-order valence-corrected chi connectivity index (χ3v) is 2.84. The van der Waals surface area contributed by atoms with E-state index in [1.54, 1.807) is 20.2 Å². The second kappa shape index (κ2) is 5.36. The molecule has 0 radical (unpaired) electrons. The summed E-state index contributed by atoms with van der Waals surface area (Å²) in [6.07, 6.45) is 4.40. The lowest BCUT2D eigenvalue weighted by Crippen LogP contribution is -2.39. The third-order valence-electron chi connectivity index (χ3n) is 2.84. The van der Waals surface area contributed by atoms with Crippen LogP contribution in [0.15, 0.2) is 36.8 Å². The molecule has 0 unspecified atom stereocenters. The molecule has 0 aliphatic carbocycles. The minimum absolute atomic E-state index is 0.564. The molecule has 0 bridgehead atoms. The van der Waals surface area contributed by atoms with Gasteiger partial charge in [-0.25, -0.2) is 0 Å². The number of carbonyl (C=O) groups is 1. The van der Waals surface area contributed by atoms with Crippen molar-refractivity contribution in [3.8, 4) is 0 Å². The van der Waals surface area contributed by atoms with Crippen LogP contribution in [0.5, 0.6) is 0 Å². The van der Waals surface area contributed by atoms with E-state index in [1.165, 1.54) is 29.2 Å². The molecule has 20 heavy (non-hydrogen) atoms. The number of nitrogens with zero attached hydrogens (tertiary/aromatic N) is 3. The minimum Gasteiger partial charge on any atom is -0.344 e. The molecule has 0 aliphatic rings. The Morgan fingerprint density at radius 3 is 2.75 bits per heavy atom. The number of pyridine rings is 1. The molecular weight excluding hydrogens is 266 g/mol. The Morgan fingerprint density at radius 2 is 2.20 bits per heavy atom.